The Morgan fingerprint density at radius 1 is 0.949 bits per heavy atom. The van der Waals surface area contributed by atoms with E-state index >= 15 is 0 Å². The third-order valence-corrected chi connectivity index (χ3v) is 5.53. The summed E-state index contributed by atoms with van der Waals surface area (Å²) in [4.78, 5) is 48.7. The lowest BCUT2D eigenvalue weighted by Gasteiger charge is -2.20. The molecule has 0 bridgehead atoms. The van der Waals surface area contributed by atoms with Crippen LogP contribution >= 0.6 is 0 Å². The number of amides is 4. The van der Waals surface area contributed by atoms with Crippen LogP contribution in [-0.2, 0) is 14.3 Å². The number of unbranched alkanes of at least 4 members (excludes halogenated alkanes) is 1. The maximum Gasteiger partial charge on any atom is 0.412 e. The van der Waals surface area contributed by atoms with Gasteiger partial charge in [0.1, 0.15) is 17.4 Å². The maximum absolute atomic E-state index is 12.8. The van der Waals surface area contributed by atoms with E-state index in [0.717, 1.165) is 12.8 Å². The summed E-state index contributed by atoms with van der Waals surface area (Å²) in [5.41, 5.74) is 0.662. The number of rotatable bonds is 12. The number of carboxylic acid groups (broad SMARTS) is 1. The summed E-state index contributed by atoms with van der Waals surface area (Å²) in [6, 6.07) is 12.7. The molecule has 2 aromatic rings. The number of hydrogen-bond acceptors (Lipinski definition) is 6. The van der Waals surface area contributed by atoms with Crippen molar-refractivity contribution in [1.29, 1.82) is 0 Å². The van der Waals surface area contributed by atoms with Crippen molar-refractivity contribution in [1.82, 2.24) is 5.32 Å². The van der Waals surface area contributed by atoms with Gasteiger partial charge in [-0.05, 0) is 70.7 Å². The zero-order chi connectivity index (χ0) is 28.4. The molecule has 0 aliphatic heterocycles. The molecule has 1 fully saturated rings. The second kappa shape index (κ2) is 13.5. The Hall–Kier alpha value is -4.28. The molecule has 2 aromatic carbocycles. The van der Waals surface area contributed by atoms with E-state index in [1.54, 1.807) is 69.3 Å². The van der Waals surface area contributed by atoms with Gasteiger partial charge in [-0.1, -0.05) is 24.6 Å². The molecule has 1 unspecified atom stereocenters. The first-order chi connectivity index (χ1) is 18.5. The van der Waals surface area contributed by atoms with Gasteiger partial charge in [-0.2, -0.15) is 0 Å². The number of benzene rings is 2. The number of para-hydroxylation sites is 2. The van der Waals surface area contributed by atoms with Gasteiger partial charge in [0, 0.05) is 18.2 Å². The molecule has 1 atom stereocenters. The summed E-state index contributed by atoms with van der Waals surface area (Å²) >= 11 is 0. The van der Waals surface area contributed by atoms with Crippen LogP contribution in [0.25, 0.3) is 0 Å². The van der Waals surface area contributed by atoms with Crippen molar-refractivity contribution in [2.24, 2.45) is 0 Å². The molecule has 1 aliphatic rings. The van der Waals surface area contributed by atoms with E-state index in [9.17, 15) is 24.3 Å². The zero-order valence-corrected chi connectivity index (χ0v) is 22.4. The summed E-state index contributed by atoms with van der Waals surface area (Å²) in [5, 5.41) is 19.6. The molecule has 1 aliphatic carbocycles. The maximum atomic E-state index is 12.8. The molecule has 0 heterocycles. The quantitative estimate of drug-likeness (QED) is 0.227. The Labute approximate surface area is 227 Å². The minimum Gasteiger partial charge on any atom is -0.490 e. The van der Waals surface area contributed by atoms with Crippen molar-refractivity contribution in [3.8, 4) is 5.75 Å². The van der Waals surface area contributed by atoms with Crippen molar-refractivity contribution in [2.75, 3.05) is 16.0 Å². The van der Waals surface area contributed by atoms with Gasteiger partial charge in [0.25, 0.3) is 0 Å². The van der Waals surface area contributed by atoms with Gasteiger partial charge in [0.05, 0.1) is 17.5 Å². The Bertz CT molecular complexity index is 1170. The Morgan fingerprint density at radius 3 is 2.28 bits per heavy atom. The number of anilines is 3. The largest absolute Gasteiger partial charge is 0.490 e. The molecule has 0 aromatic heterocycles. The molecular formula is C28H36N4O7. The van der Waals surface area contributed by atoms with Crippen LogP contribution in [0, 0.1) is 0 Å². The summed E-state index contributed by atoms with van der Waals surface area (Å²) in [6.07, 6.45) is 1.48. The lowest BCUT2D eigenvalue weighted by Crippen LogP contribution is -2.43. The third kappa shape index (κ3) is 10.9. The van der Waals surface area contributed by atoms with Crippen molar-refractivity contribution in [3.05, 3.63) is 48.5 Å². The number of nitrogens with one attached hydrogen (secondary N) is 4. The van der Waals surface area contributed by atoms with E-state index in [4.69, 9.17) is 9.47 Å². The highest BCUT2D eigenvalue weighted by Gasteiger charge is 2.24. The van der Waals surface area contributed by atoms with Crippen LogP contribution in [0.3, 0.4) is 0 Å². The van der Waals surface area contributed by atoms with Crippen LogP contribution in [0.5, 0.6) is 5.75 Å². The van der Waals surface area contributed by atoms with Crippen LogP contribution in [0.1, 0.15) is 59.3 Å². The first kappa shape index (κ1) is 29.3. The van der Waals surface area contributed by atoms with Crippen molar-refractivity contribution in [3.63, 3.8) is 0 Å². The van der Waals surface area contributed by atoms with E-state index in [2.05, 4.69) is 21.3 Å². The van der Waals surface area contributed by atoms with E-state index in [1.165, 1.54) is 0 Å². The van der Waals surface area contributed by atoms with Crippen LogP contribution in [0.2, 0.25) is 0 Å². The normalized spacial score (nSPS) is 13.5. The van der Waals surface area contributed by atoms with Gasteiger partial charge in [0.2, 0.25) is 11.8 Å². The first-order valence-corrected chi connectivity index (χ1v) is 12.9. The monoisotopic (exact) mass is 540 g/mol. The van der Waals surface area contributed by atoms with Gasteiger partial charge in [-0.25, -0.2) is 9.59 Å². The molecule has 11 nitrogen and oxygen atoms in total. The van der Waals surface area contributed by atoms with E-state index in [1.807, 2.05) is 0 Å². The minimum absolute atomic E-state index is 0.142. The van der Waals surface area contributed by atoms with Crippen molar-refractivity contribution in [2.45, 2.75) is 77.0 Å². The molecule has 39 heavy (non-hydrogen) atoms. The smallest absolute Gasteiger partial charge is 0.412 e. The molecule has 0 spiro atoms. The predicted octanol–water partition coefficient (Wildman–Crippen LogP) is 5.35. The predicted molar refractivity (Wildman–Crippen MR) is 147 cm³/mol. The lowest BCUT2D eigenvalue weighted by atomic mass is 10.1. The second-order valence-electron chi connectivity index (χ2n) is 10.3. The summed E-state index contributed by atoms with van der Waals surface area (Å²) in [7, 11) is 0. The Balaban J connectivity index is 1.47. The standard InChI is InChI=1S/C28H36N4O7/c1-28(2,3)39-27(37)32-22-12-5-4-11-21(22)30-24(33)14-7-6-13-23(31-26(35)36)25(34)29-18-9-8-10-20(17-18)38-19-15-16-19/h4-5,8-12,17,19,23,31H,6-7,13-16H2,1-3H3,(H,29,34)(H,30,33)(H,32,37)(H,35,36). The first-order valence-electron chi connectivity index (χ1n) is 12.9. The average Bonchev–Trinajstić information content (AvgIpc) is 3.65. The number of carbonyl (C=O) groups is 4. The third-order valence-electron chi connectivity index (χ3n) is 5.53. The molecule has 3 rings (SSSR count). The highest BCUT2D eigenvalue weighted by atomic mass is 16.6. The highest BCUT2D eigenvalue weighted by Crippen LogP contribution is 2.28. The fraction of sp³-hybridized carbons (Fsp3) is 0.429. The van der Waals surface area contributed by atoms with Crippen molar-refractivity contribution < 1.29 is 33.8 Å². The number of ether oxygens (including phenoxy) is 2. The summed E-state index contributed by atoms with van der Waals surface area (Å²) < 4.78 is 11.0. The number of hydrogen-bond donors (Lipinski definition) is 5. The fourth-order valence-corrected chi connectivity index (χ4v) is 3.63. The molecular weight excluding hydrogens is 504 g/mol. The van der Waals surface area contributed by atoms with Gasteiger partial charge in [-0.3, -0.25) is 14.9 Å². The van der Waals surface area contributed by atoms with Gasteiger partial charge in [0.15, 0.2) is 0 Å². The fourth-order valence-electron chi connectivity index (χ4n) is 3.63. The average molecular weight is 541 g/mol. The van der Waals surface area contributed by atoms with Crippen LogP contribution < -0.4 is 26.0 Å². The van der Waals surface area contributed by atoms with Gasteiger partial charge in [-0.15, -0.1) is 0 Å². The Morgan fingerprint density at radius 2 is 1.64 bits per heavy atom. The Kier molecular flexibility index (Phi) is 10.1. The number of carbonyl (C=O) groups excluding carboxylic acids is 3. The highest BCUT2D eigenvalue weighted by molar-refractivity contribution is 5.98. The van der Waals surface area contributed by atoms with Crippen LogP contribution in [-0.4, -0.2) is 46.9 Å². The molecule has 0 saturated heterocycles. The van der Waals surface area contributed by atoms with Crippen molar-refractivity contribution >= 4 is 41.1 Å². The summed E-state index contributed by atoms with van der Waals surface area (Å²) in [6.45, 7) is 5.26. The molecule has 1 saturated carbocycles. The lowest BCUT2D eigenvalue weighted by molar-refractivity contribution is -0.118. The van der Waals surface area contributed by atoms with Crippen LogP contribution in [0.15, 0.2) is 48.5 Å². The SMILES string of the molecule is CC(C)(C)OC(=O)Nc1ccccc1NC(=O)CCCCC(NC(=O)O)C(=O)Nc1cccc(OC2CC2)c1. The molecule has 0 radical (unpaired) electrons. The summed E-state index contributed by atoms with van der Waals surface area (Å²) in [5.74, 6) is -0.132. The van der Waals surface area contributed by atoms with Crippen LogP contribution in [0.4, 0.5) is 26.7 Å². The van der Waals surface area contributed by atoms with E-state index < -0.39 is 29.7 Å². The molecule has 11 heteroatoms. The van der Waals surface area contributed by atoms with E-state index in [-0.39, 0.29) is 24.9 Å². The molecule has 5 N–H and O–H groups in total. The minimum atomic E-state index is -1.31. The topological polar surface area (TPSA) is 155 Å². The van der Waals surface area contributed by atoms with E-state index in [0.29, 0.717) is 35.7 Å². The van der Waals surface area contributed by atoms with Gasteiger partial charge < -0.3 is 30.5 Å². The zero-order valence-electron chi connectivity index (χ0n) is 22.4. The molecule has 4 amide bonds. The van der Waals surface area contributed by atoms with Gasteiger partial charge >= 0.3 is 12.2 Å². The second-order valence-corrected chi connectivity index (χ2v) is 10.3. The molecule has 210 valence electrons.